The van der Waals surface area contributed by atoms with Crippen LogP contribution in [0.15, 0.2) is 18.2 Å². The molecular formula is C11H12F4N2O. The van der Waals surface area contributed by atoms with Crippen LogP contribution in [0.5, 0.6) is 0 Å². The van der Waals surface area contributed by atoms with Gasteiger partial charge in [0.1, 0.15) is 5.82 Å². The van der Waals surface area contributed by atoms with E-state index in [-0.39, 0.29) is 0 Å². The van der Waals surface area contributed by atoms with Crippen LogP contribution in [-0.4, -0.2) is 24.5 Å². The zero-order valence-corrected chi connectivity index (χ0v) is 9.81. The van der Waals surface area contributed by atoms with Crippen molar-refractivity contribution in [2.45, 2.75) is 13.1 Å². The summed E-state index contributed by atoms with van der Waals surface area (Å²) < 4.78 is 50.5. The third kappa shape index (κ3) is 3.35. The standard InChI is InChI=1S/C11H12F4N2O/c1-3-17(2)10(18)16-9-6-7(11(13,14)15)4-5-8(9)12/h4-6H,3H2,1-2H3,(H,16,18). The van der Waals surface area contributed by atoms with E-state index in [4.69, 9.17) is 0 Å². The molecule has 1 aromatic rings. The Labute approximate surface area is 101 Å². The molecule has 7 heteroatoms. The molecule has 0 unspecified atom stereocenters. The Morgan fingerprint density at radius 2 is 2.00 bits per heavy atom. The zero-order chi connectivity index (χ0) is 13.9. The highest BCUT2D eigenvalue weighted by Crippen LogP contribution is 2.31. The van der Waals surface area contributed by atoms with Gasteiger partial charge in [-0.25, -0.2) is 9.18 Å². The first-order valence-corrected chi connectivity index (χ1v) is 5.14. The number of nitrogens with zero attached hydrogens (tertiary/aromatic N) is 1. The number of anilines is 1. The number of carbonyl (C=O) groups excluding carboxylic acids is 1. The molecule has 0 spiro atoms. The summed E-state index contributed by atoms with van der Waals surface area (Å²) in [5.74, 6) is -0.916. The van der Waals surface area contributed by atoms with E-state index < -0.39 is 29.3 Å². The fourth-order valence-electron chi connectivity index (χ4n) is 1.15. The summed E-state index contributed by atoms with van der Waals surface area (Å²) in [4.78, 5) is 12.6. The van der Waals surface area contributed by atoms with Crippen LogP contribution < -0.4 is 5.32 Å². The van der Waals surface area contributed by atoms with E-state index >= 15 is 0 Å². The molecule has 0 aliphatic heterocycles. The van der Waals surface area contributed by atoms with Gasteiger partial charge >= 0.3 is 12.2 Å². The molecule has 3 nitrogen and oxygen atoms in total. The molecule has 0 saturated carbocycles. The van der Waals surface area contributed by atoms with E-state index in [9.17, 15) is 22.4 Å². The van der Waals surface area contributed by atoms with Crippen molar-refractivity contribution >= 4 is 11.7 Å². The minimum absolute atomic E-state index is 0.354. The number of hydrogen-bond donors (Lipinski definition) is 1. The average Bonchev–Trinajstić information content (AvgIpc) is 2.29. The van der Waals surface area contributed by atoms with Crippen LogP contribution in [0.3, 0.4) is 0 Å². The minimum atomic E-state index is -4.58. The highest BCUT2D eigenvalue weighted by Gasteiger charge is 2.31. The lowest BCUT2D eigenvalue weighted by atomic mass is 10.2. The van der Waals surface area contributed by atoms with Gasteiger partial charge in [0, 0.05) is 13.6 Å². The normalized spacial score (nSPS) is 11.2. The Morgan fingerprint density at radius 3 is 2.50 bits per heavy atom. The molecule has 0 heterocycles. The Hall–Kier alpha value is -1.79. The zero-order valence-electron chi connectivity index (χ0n) is 9.81. The number of nitrogens with one attached hydrogen (secondary N) is 1. The van der Waals surface area contributed by atoms with Crippen LogP contribution in [-0.2, 0) is 6.18 Å². The maximum absolute atomic E-state index is 13.3. The van der Waals surface area contributed by atoms with Gasteiger partial charge in [-0.2, -0.15) is 13.2 Å². The van der Waals surface area contributed by atoms with Gasteiger partial charge in [0.05, 0.1) is 11.3 Å². The van der Waals surface area contributed by atoms with Crippen molar-refractivity contribution in [2.75, 3.05) is 18.9 Å². The first kappa shape index (κ1) is 14.3. The van der Waals surface area contributed by atoms with Crippen molar-refractivity contribution in [1.29, 1.82) is 0 Å². The molecular weight excluding hydrogens is 252 g/mol. The summed E-state index contributed by atoms with van der Waals surface area (Å²) in [6.07, 6.45) is -4.58. The Morgan fingerprint density at radius 1 is 1.39 bits per heavy atom. The first-order valence-electron chi connectivity index (χ1n) is 5.14. The smallest absolute Gasteiger partial charge is 0.328 e. The molecule has 1 aromatic carbocycles. The molecule has 2 amide bonds. The molecule has 0 radical (unpaired) electrons. The summed E-state index contributed by atoms with van der Waals surface area (Å²) in [6.45, 7) is 2.04. The predicted molar refractivity (Wildman–Crippen MR) is 58.7 cm³/mol. The van der Waals surface area contributed by atoms with Gasteiger partial charge in [-0.3, -0.25) is 0 Å². The molecule has 0 atom stereocenters. The Kier molecular flexibility index (Phi) is 4.15. The number of benzene rings is 1. The molecule has 100 valence electrons. The van der Waals surface area contributed by atoms with Gasteiger partial charge in [0.2, 0.25) is 0 Å². The molecule has 1 rings (SSSR count). The van der Waals surface area contributed by atoms with Crippen LogP contribution in [0.2, 0.25) is 0 Å². The summed E-state index contributed by atoms with van der Waals surface area (Å²) in [6, 6.07) is 1.19. The van der Waals surface area contributed by atoms with Crippen molar-refractivity contribution < 1.29 is 22.4 Å². The number of halogens is 4. The number of rotatable bonds is 2. The van der Waals surface area contributed by atoms with E-state index in [0.717, 1.165) is 0 Å². The number of alkyl halides is 3. The number of carbonyl (C=O) groups is 1. The van der Waals surface area contributed by atoms with Gasteiger partial charge in [-0.1, -0.05) is 0 Å². The van der Waals surface area contributed by atoms with Crippen LogP contribution in [0, 0.1) is 5.82 Å². The van der Waals surface area contributed by atoms with E-state index in [0.29, 0.717) is 24.7 Å². The monoisotopic (exact) mass is 264 g/mol. The second kappa shape index (κ2) is 5.24. The fraction of sp³-hybridized carbons (Fsp3) is 0.364. The first-order chi connectivity index (χ1) is 8.25. The van der Waals surface area contributed by atoms with E-state index in [1.165, 1.54) is 11.9 Å². The lowest BCUT2D eigenvalue weighted by molar-refractivity contribution is -0.137. The van der Waals surface area contributed by atoms with Gasteiger partial charge in [0.25, 0.3) is 0 Å². The molecule has 0 fully saturated rings. The molecule has 1 N–H and O–H groups in total. The Balaban J connectivity index is 2.99. The average molecular weight is 264 g/mol. The van der Waals surface area contributed by atoms with Crippen LogP contribution in [0.4, 0.5) is 28.0 Å². The number of amides is 2. The lowest BCUT2D eigenvalue weighted by Gasteiger charge is -2.16. The van der Waals surface area contributed by atoms with Crippen LogP contribution >= 0.6 is 0 Å². The maximum Gasteiger partial charge on any atom is 0.416 e. The summed E-state index contributed by atoms with van der Waals surface area (Å²) in [7, 11) is 1.45. The van der Waals surface area contributed by atoms with Crippen molar-refractivity contribution in [2.24, 2.45) is 0 Å². The topological polar surface area (TPSA) is 32.3 Å². The highest BCUT2D eigenvalue weighted by atomic mass is 19.4. The van der Waals surface area contributed by atoms with Gasteiger partial charge in [0.15, 0.2) is 0 Å². The van der Waals surface area contributed by atoms with Crippen molar-refractivity contribution in [3.8, 4) is 0 Å². The SMILES string of the molecule is CCN(C)C(=O)Nc1cc(C(F)(F)F)ccc1F. The molecule has 0 aliphatic carbocycles. The highest BCUT2D eigenvalue weighted by molar-refractivity contribution is 5.89. The maximum atomic E-state index is 13.3. The van der Waals surface area contributed by atoms with Gasteiger partial charge < -0.3 is 10.2 Å². The van der Waals surface area contributed by atoms with Crippen molar-refractivity contribution in [3.05, 3.63) is 29.6 Å². The summed E-state index contributed by atoms with van der Waals surface area (Å²) in [5.41, 5.74) is -1.51. The molecule has 18 heavy (non-hydrogen) atoms. The van der Waals surface area contributed by atoms with Crippen molar-refractivity contribution in [3.63, 3.8) is 0 Å². The molecule has 0 saturated heterocycles. The van der Waals surface area contributed by atoms with E-state index in [2.05, 4.69) is 5.32 Å². The van der Waals surface area contributed by atoms with E-state index in [1.807, 2.05) is 0 Å². The van der Waals surface area contributed by atoms with E-state index in [1.54, 1.807) is 6.92 Å². The van der Waals surface area contributed by atoms with Gasteiger partial charge in [-0.05, 0) is 25.1 Å². The Bertz CT molecular complexity index is 445. The quantitative estimate of drug-likeness (QED) is 0.816. The van der Waals surface area contributed by atoms with Gasteiger partial charge in [-0.15, -0.1) is 0 Å². The van der Waals surface area contributed by atoms with Crippen LogP contribution in [0.1, 0.15) is 12.5 Å². The van der Waals surface area contributed by atoms with Crippen molar-refractivity contribution in [1.82, 2.24) is 4.90 Å². The molecule has 0 aliphatic rings. The van der Waals surface area contributed by atoms with Crippen LogP contribution in [0.25, 0.3) is 0 Å². The second-order valence-electron chi connectivity index (χ2n) is 3.64. The lowest BCUT2D eigenvalue weighted by Crippen LogP contribution is -2.31. The second-order valence-corrected chi connectivity index (χ2v) is 3.64. The largest absolute Gasteiger partial charge is 0.416 e. The number of hydrogen-bond acceptors (Lipinski definition) is 1. The third-order valence-corrected chi connectivity index (χ3v) is 2.36. The molecule has 0 aromatic heterocycles. The minimum Gasteiger partial charge on any atom is -0.328 e. The summed E-state index contributed by atoms with van der Waals surface area (Å²) >= 11 is 0. The molecule has 0 bridgehead atoms. The third-order valence-electron chi connectivity index (χ3n) is 2.36. The predicted octanol–water partition coefficient (Wildman–Crippen LogP) is 3.33. The fourth-order valence-corrected chi connectivity index (χ4v) is 1.15. The number of urea groups is 1. The summed E-state index contributed by atoms with van der Waals surface area (Å²) in [5, 5.41) is 2.09.